The fraction of sp³-hybridized carbons (Fsp3) is 0.389. The second-order valence-corrected chi connectivity index (χ2v) is 6.11. The predicted octanol–water partition coefficient (Wildman–Crippen LogP) is 3.78. The first-order chi connectivity index (χ1) is 11.2. The van der Waals surface area contributed by atoms with Crippen LogP contribution in [0.25, 0.3) is 0 Å². The first kappa shape index (κ1) is 15.5. The minimum atomic E-state index is -0.170. The minimum absolute atomic E-state index is 0.170. The van der Waals surface area contributed by atoms with Gasteiger partial charge in [0, 0.05) is 11.6 Å². The van der Waals surface area contributed by atoms with Crippen LogP contribution in [0.3, 0.4) is 0 Å². The molecule has 0 unspecified atom stereocenters. The minimum Gasteiger partial charge on any atom is -0.366 e. The smallest absolute Gasteiger partial charge is 0.256 e. The van der Waals surface area contributed by atoms with E-state index in [1.165, 1.54) is 32.1 Å². The molecule has 1 aliphatic carbocycles. The number of amides is 1. The molecule has 1 heterocycles. The van der Waals surface area contributed by atoms with Crippen LogP contribution in [0.5, 0.6) is 0 Å². The van der Waals surface area contributed by atoms with Crippen molar-refractivity contribution >= 4 is 17.5 Å². The monoisotopic (exact) mass is 310 g/mol. The quantitative estimate of drug-likeness (QED) is 0.902. The Hall–Kier alpha value is -2.43. The highest BCUT2D eigenvalue weighted by Gasteiger charge is 2.14. The summed E-state index contributed by atoms with van der Waals surface area (Å²) in [4.78, 5) is 12.2. The van der Waals surface area contributed by atoms with Crippen molar-refractivity contribution in [3.05, 3.63) is 47.5 Å². The van der Waals surface area contributed by atoms with E-state index in [9.17, 15) is 4.79 Å². The van der Waals surface area contributed by atoms with Crippen LogP contribution in [0.4, 0.5) is 11.6 Å². The maximum absolute atomic E-state index is 12.2. The lowest BCUT2D eigenvalue weighted by molar-refractivity contribution is 0.102. The first-order valence-corrected chi connectivity index (χ1v) is 8.19. The topological polar surface area (TPSA) is 66.9 Å². The van der Waals surface area contributed by atoms with E-state index in [0.29, 0.717) is 17.4 Å². The summed E-state index contributed by atoms with van der Waals surface area (Å²) in [6.45, 7) is 1.96. The summed E-state index contributed by atoms with van der Waals surface area (Å²) in [5, 5.41) is 14.4. The summed E-state index contributed by atoms with van der Waals surface area (Å²) in [6.07, 6.45) is 6.25. The van der Waals surface area contributed by atoms with E-state index in [1.54, 1.807) is 12.1 Å². The fourth-order valence-electron chi connectivity index (χ4n) is 2.91. The molecule has 2 aromatic rings. The molecule has 3 rings (SSSR count). The Balaban J connectivity index is 1.59. The number of nitrogens with zero attached hydrogens (tertiary/aromatic N) is 2. The number of aryl methyl sites for hydroxylation is 1. The van der Waals surface area contributed by atoms with E-state index < -0.39 is 0 Å². The van der Waals surface area contributed by atoms with Gasteiger partial charge in [0.1, 0.15) is 5.82 Å². The zero-order chi connectivity index (χ0) is 16.1. The number of hydrogen-bond acceptors (Lipinski definition) is 4. The van der Waals surface area contributed by atoms with Crippen molar-refractivity contribution in [2.75, 3.05) is 10.6 Å². The molecule has 0 atom stereocenters. The summed E-state index contributed by atoms with van der Waals surface area (Å²) >= 11 is 0. The molecule has 5 nitrogen and oxygen atoms in total. The lowest BCUT2D eigenvalue weighted by Gasteiger charge is -2.22. The molecule has 1 fully saturated rings. The second-order valence-electron chi connectivity index (χ2n) is 6.11. The maximum atomic E-state index is 12.2. The van der Waals surface area contributed by atoms with E-state index in [1.807, 2.05) is 31.2 Å². The van der Waals surface area contributed by atoms with Gasteiger partial charge in [-0.25, -0.2) is 0 Å². The summed E-state index contributed by atoms with van der Waals surface area (Å²) in [5.41, 5.74) is 1.67. The summed E-state index contributed by atoms with van der Waals surface area (Å²) in [5.74, 6) is 1.06. The summed E-state index contributed by atoms with van der Waals surface area (Å²) in [6, 6.07) is 11.6. The first-order valence-electron chi connectivity index (χ1n) is 8.19. The Morgan fingerprint density at radius 1 is 1.04 bits per heavy atom. The Morgan fingerprint density at radius 3 is 2.48 bits per heavy atom. The van der Waals surface area contributed by atoms with E-state index in [4.69, 9.17) is 0 Å². The van der Waals surface area contributed by atoms with Crippen LogP contribution in [0.15, 0.2) is 36.4 Å². The van der Waals surface area contributed by atoms with Crippen LogP contribution >= 0.6 is 0 Å². The normalized spacial score (nSPS) is 15.2. The predicted molar refractivity (Wildman–Crippen MR) is 91.7 cm³/mol. The average Bonchev–Trinajstić information content (AvgIpc) is 2.57. The highest BCUT2D eigenvalue weighted by Crippen LogP contribution is 2.20. The summed E-state index contributed by atoms with van der Waals surface area (Å²) < 4.78 is 0. The van der Waals surface area contributed by atoms with Crippen LogP contribution in [0.2, 0.25) is 0 Å². The third kappa shape index (κ3) is 4.28. The van der Waals surface area contributed by atoms with Gasteiger partial charge >= 0.3 is 0 Å². The SMILES string of the molecule is Cc1cccc(C(=O)Nc2ccc(NC3CCCCC3)nn2)c1. The molecule has 0 saturated heterocycles. The van der Waals surface area contributed by atoms with E-state index >= 15 is 0 Å². The van der Waals surface area contributed by atoms with Gasteiger partial charge in [-0.1, -0.05) is 37.0 Å². The van der Waals surface area contributed by atoms with Gasteiger partial charge in [0.15, 0.2) is 5.82 Å². The molecule has 1 aromatic carbocycles. The molecule has 1 aromatic heterocycles. The van der Waals surface area contributed by atoms with Crippen molar-refractivity contribution in [3.63, 3.8) is 0 Å². The van der Waals surface area contributed by atoms with Gasteiger partial charge in [0.25, 0.3) is 5.91 Å². The van der Waals surface area contributed by atoms with Crippen LogP contribution in [-0.2, 0) is 0 Å². The number of benzene rings is 1. The van der Waals surface area contributed by atoms with Gasteiger partial charge in [-0.15, -0.1) is 10.2 Å². The number of rotatable bonds is 4. The van der Waals surface area contributed by atoms with Gasteiger partial charge in [-0.05, 0) is 44.0 Å². The largest absolute Gasteiger partial charge is 0.366 e. The molecule has 1 aliphatic rings. The van der Waals surface area contributed by atoms with Crippen LogP contribution < -0.4 is 10.6 Å². The standard InChI is InChI=1S/C18H22N4O/c1-13-6-5-7-14(12-13)18(23)20-17-11-10-16(21-22-17)19-15-8-3-2-4-9-15/h5-7,10-12,15H,2-4,8-9H2,1H3,(H,19,21)(H,20,22,23). The van der Waals surface area contributed by atoms with Gasteiger partial charge in [-0.2, -0.15) is 0 Å². The summed E-state index contributed by atoms with van der Waals surface area (Å²) in [7, 11) is 0. The number of nitrogens with one attached hydrogen (secondary N) is 2. The number of carbonyl (C=O) groups is 1. The Labute approximate surface area is 136 Å². The Morgan fingerprint density at radius 2 is 1.78 bits per heavy atom. The number of carbonyl (C=O) groups excluding carboxylic acids is 1. The van der Waals surface area contributed by atoms with Crippen molar-refractivity contribution in [1.29, 1.82) is 0 Å². The molecule has 0 spiro atoms. The number of hydrogen-bond donors (Lipinski definition) is 2. The lowest BCUT2D eigenvalue weighted by atomic mass is 9.95. The van der Waals surface area contributed by atoms with Gasteiger partial charge in [-0.3, -0.25) is 4.79 Å². The van der Waals surface area contributed by atoms with Crippen molar-refractivity contribution in [3.8, 4) is 0 Å². The molecular formula is C18H22N4O. The van der Waals surface area contributed by atoms with Crippen molar-refractivity contribution in [2.24, 2.45) is 0 Å². The molecule has 1 saturated carbocycles. The zero-order valence-electron chi connectivity index (χ0n) is 13.4. The van der Waals surface area contributed by atoms with Crippen molar-refractivity contribution in [2.45, 2.75) is 45.1 Å². The molecule has 2 N–H and O–H groups in total. The van der Waals surface area contributed by atoms with Gasteiger partial charge < -0.3 is 10.6 Å². The molecule has 23 heavy (non-hydrogen) atoms. The van der Waals surface area contributed by atoms with Gasteiger partial charge in [0.2, 0.25) is 0 Å². The van der Waals surface area contributed by atoms with E-state index in [0.717, 1.165) is 11.4 Å². The van der Waals surface area contributed by atoms with Crippen molar-refractivity contribution in [1.82, 2.24) is 10.2 Å². The molecule has 0 aliphatic heterocycles. The average molecular weight is 310 g/mol. The Bertz CT molecular complexity index is 663. The highest BCUT2D eigenvalue weighted by atomic mass is 16.1. The van der Waals surface area contributed by atoms with Crippen LogP contribution in [0, 0.1) is 6.92 Å². The van der Waals surface area contributed by atoms with E-state index in [2.05, 4.69) is 20.8 Å². The molecular weight excluding hydrogens is 288 g/mol. The zero-order valence-corrected chi connectivity index (χ0v) is 13.4. The fourth-order valence-corrected chi connectivity index (χ4v) is 2.91. The Kier molecular flexibility index (Phi) is 4.86. The van der Waals surface area contributed by atoms with E-state index in [-0.39, 0.29) is 5.91 Å². The molecule has 5 heteroatoms. The third-order valence-corrected chi connectivity index (χ3v) is 4.14. The number of anilines is 2. The molecule has 0 radical (unpaired) electrons. The molecule has 1 amide bonds. The molecule has 0 bridgehead atoms. The third-order valence-electron chi connectivity index (χ3n) is 4.14. The maximum Gasteiger partial charge on any atom is 0.256 e. The lowest BCUT2D eigenvalue weighted by Crippen LogP contribution is -2.23. The number of aromatic nitrogens is 2. The van der Waals surface area contributed by atoms with Crippen LogP contribution in [-0.4, -0.2) is 22.1 Å². The highest BCUT2D eigenvalue weighted by molar-refractivity contribution is 6.03. The molecule has 120 valence electrons. The van der Waals surface area contributed by atoms with Crippen LogP contribution in [0.1, 0.15) is 48.0 Å². The van der Waals surface area contributed by atoms with Gasteiger partial charge in [0.05, 0.1) is 0 Å². The second kappa shape index (κ2) is 7.22. The van der Waals surface area contributed by atoms with Crippen molar-refractivity contribution < 1.29 is 4.79 Å².